The molecule has 1 N–H and O–H groups in total. The van der Waals surface area contributed by atoms with Gasteiger partial charge in [0, 0.05) is 16.3 Å². The molecule has 5 nitrogen and oxygen atoms in total. The highest BCUT2D eigenvalue weighted by atomic mass is 35.5. The van der Waals surface area contributed by atoms with Crippen molar-refractivity contribution in [1.82, 2.24) is 14.8 Å². The molecule has 0 aliphatic heterocycles. The third-order valence-corrected chi connectivity index (χ3v) is 4.78. The van der Waals surface area contributed by atoms with Gasteiger partial charge in [-0.25, -0.2) is 9.67 Å². The number of amides is 1. The minimum absolute atomic E-state index is 0.0961. The van der Waals surface area contributed by atoms with Gasteiger partial charge < -0.3 is 5.32 Å². The lowest BCUT2D eigenvalue weighted by atomic mass is 10.1. The second-order valence-electron chi connectivity index (χ2n) is 6.79. The maximum Gasteiger partial charge on any atom is 0.295 e. The van der Waals surface area contributed by atoms with Crippen LogP contribution in [0.1, 0.15) is 21.7 Å². The van der Waals surface area contributed by atoms with Gasteiger partial charge in [-0.15, -0.1) is 5.10 Å². The van der Waals surface area contributed by atoms with Crippen molar-refractivity contribution in [1.29, 1.82) is 0 Å². The molecule has 1 heterocycles. The molecule has 1 aromatic heterocycles. The summed E-state index contributed by atoms with van der Waals surface area (Å²) in [6.07, 6.45) is 0. The number of hydrogen-bond donors (Lipinski definition) is 1. The van der Waals surface area contributed by atoms with Crippen molar-refractivity contribution < 1.29 is 4.79 Å². The maximum absolute atomic E-state index is 12.8. The molecule has 0 bridgehead atoms. The number of nitrogens with one attached hydrogen (secondary N) is 1. The summed E-state index contributed by atoms with van der Waals surface area (Å²) in [6.45, 7) is 4.05. The molecule has 0 fully saturated rings. The Kier molecular flexibility index (Phi) is 5.14. The van der Waals surface area contributed by atoms with Crippen LogP contribution in [0.25, 0.3) is 17.1 Å². The molecule has 0 unspecified atom stereocenters. The number of halogens is 1. The van der Waals surface area contributed by atoms with E-state index in [2.05, 4.69) is 21.5 Å². The quantitative estimate of drug-likeness (QED) is 0.493. The molecule has 6 heteroatoms. The normalized spacial score (nSPS) is 10.7. The number of aryl methyl sites for hydroxylation is 2. The Morgan fingerprint density at radius 3 is 2.38 bits per heavy atom. The smallest absolute Gasteiger partial charge is 0.295 e. The predicted molar refractivity (Wildman–Crippen MR) is 116 cm³/mol. The van der Waals surface area contributed by atoms with Crippen molar-refractivity contribution in [3.63, 3.8) is 0 Å². The number of carbonyl (C=O) groups excluding carboxylic acids is 1. The Labute approximate surface area is 174 Å². The van der Waals surface area contributed by atoms with E-state index in [4.69, 9.17) is 11.6 Å². The van der Waals surface area contributed by atoms with Crippen molar-refractivity contribution >= 4 is 23.2 Å². The number of rotatable bonds is 4. The predicted octanol–water partition coefficient (Wildman–Crippen LogP) is 5.46. The van der Waals surface area contributed by atoms with Crippen LogP contribution in [0, 0.1) is 13.8 Å². The van der Waals surface area contributed by atoms with Gasteiger partial charge in [0.1, 0.15) is 0 Å². The van der Waals surface area contributed by atoms with E-state index in [1.807, 2.05) is 68.4 Å². The lowest BCUT2D eigenvalue weighted by molar-refractivity contribution is 0.101. The number of benzene rings is 3. The van der Waals surface area contributed by atoms with Crippen molar-refractivity contribution in [3.8, 4) is 17.1 Å². The lowest BCUT2D eigenvalue weighted by Gasteiger charge is -2.10. The average molecular weight is 403 g/mol. The number of anilines is 1. The van der Waals surface area contributed by atoms with E-state index in [1.165, 1.54) is 0 Å². The van der Waals surface area contributed by atoms with Crippen LogP contribution in [-0.2, 0) is 0 Å². The highest BCUT2D eigenvalue weighted by Crippen LogP contribution is 2.25. The van der Waals surface area contributed by atoms with E-state index in [0.29, 0.717) is 16.5 Å². The van der Waals surface area contributed by atoms with Gasteiger partial charge in [0.25, 0.3) is 5.91 Å². The van der Waals surface area contributed by atoms with Crippen molar-refractivity contribution in [2.45, 2.75) is 13.8 Å². The molecule has 0 radical (unpaired) electrons. The fraction of sp³-hybridized carbons (Fsp3) is 0.0870. The molecular formula is C23H19ClN4O. The molecule has 1 amide bonds. The topological polar surface area (TPSA) is 59.8 Å². The van der Waals surface area contributed by atoms with E-state index in [-0.39, 0.29) is 11.7 Å². The molecule has 29 heavy (non-hydrogen) atoms. The zero-order valence-corrected chi connectivity index (χ0v) is 16.8. The molecule has 3 aromatic carbocycles. The largest absolute Gasteiger partial charge is 0.319 e. The summed E-state index contributed by atoms with van der Waals surface area (Å²) in [6, 6.07) is 22.6. The van der Waals surface area contributed by atoms with Crippen molar-refractivity contribution in [3.05, 3.63) is 94.8 Å². The monoisotopic (exact) mass is 402 g/mol. The molecule has 4 rings (SSSR count). The Morgan fingerprint density at radius 1 is 0.966 bits per heavy atom. The van der Waals surface area contributed by atoms with Gasteiger partial charge in [-0.1, -0.05) is 47.5 Å². The SMILES string of the molecule is Cc1ccc(-n2nc(C(=O)Nc3ccccc3)nc2-c2ccc(Cl)cc2)c(C)c1. The fourth-order valence-electron chi connectivity index (χ4n) is 3.11. The summed E-state index contributed by atoms with van der Waals surface area (Å²) in [7, 11) is 0. The lowest BCUT2D eigenvalue weighted by Crippen LogP contribution is -2.14. The minimum Gasteiger partial charge on any atom is -0.319 e. The highest BCUT2D eigenvalue weighted by molar-refractivity contribution is 6.30. The van der Waals surface area contributed by atoms with Crippen LogP contribution in [0.5, 0.6) is 0 Å². The zero-order valence-electron chi connectivity index (χ0n) is 16.1. The summed E-state index contributed by atoms with van der Waals surface area (Å²) < 4.78 is 1.71. The molecule has 4 aromatic rings. The molecule has 144 valence electrons. The standard InChI is InChI=1S/C23H19ClN4O/c1-15-8-13-20(16(2)14-15)28-22(17-9-11-18(24)12-10-17)26-21(27-28)23(29)25-19-6-4-3-5-7-19/h3-14H,1-2H3,(H,25,29). The number of hydrogen-bond acceptors (Lipinski definition) is 3. The first-order valence-electron chi connectivity index (χ1n) is 9.18. The molecular weight excluding hydrogens is 384 g/mol. The third kappa shape index (κ3) is 4.05. The fourth-order valence-corrected chi connectivity index (χ4v) is 3.24. The van der Waals surface area contributed by atoms with Crippen LogP contribution in [0.2, 0.25) is 5.02 Å². The van der Waals surface area contributed by atoms with Gasteiger partial charge in [-0.2, -0.15) is 0 Å². The van der Waals surface area contributed by atoms with Crippen LogP contribution in [0.3, 0.4) is 0 Å². The first-order chi connectivity index (χ1) is 14.0. The Bertz CT molecular complexity index is 1170. The van der Waals surface area contributed by atoms with E-state index in [0.717, 1.165) is 22.4 Å². The number of aromatic nitrogens is 3. The Morgan fingerprint density at radius 2 is 1.69 bits per heavy atom. The van der Waals surface area contributed by atoms with Gasteiger partial charge in [-0.3, -0.25) is 4.79 Å². The highest BCUT2D eigenvalue weighted by Gasteiger charge is 2.20. The number of para-hydroxylation sites is 1. The maximum atomic E-state index is 12.8. The van der Waals surface area contributed by atoms with Crippen LogP contribution >= 0.6 is 11.6 Å². The van der Waals surface area contributed by atoms with E-state index in [1.54, 1.807) is 16.8 Å². The molecule has 0 atom stereocenters. The molecule has 0 spiro atoms. The Hall–Kier alpha value is -3.44. The van der Waals surface area contributed by atoms with Gasteiger partial charge >= 0.3 is 0 Å². The molecule has 0 aliphatic carbocycles. The summed E-state index contributed by atoms with van der Waals surface area (Å²) in [5, 5.41) is 8.00. The van der Waals surface area contributed by atoms with Crippen LogP contribution in [-0.4, -0.2) is 20.7 Å². The summed E-state index contributed by atoms with van der Waals surface area (Å²) >= 11 is 6.04. The number of carbonyl (C=O) groups is 1. The molecule has 0 aliphatic rings. The van der Waals surface area contributed by atoms with Crippen LogP contribution in [0.15, 0.2) is 72.8 Å². The van der Waals surface area contributed by atoms with Crippen LogP contribution < -0.4 is 5.32 Å². The van der Waals surface area contributed by atoms with Gasteiger partial charge in [0.15, 0.2) is 5.82 Å². The number of nitrogens with zero attached hydrogens (tertiary/aromatic N) is 3. The minimum atomic E-state index is -0.366. The summed E-state index contributed by atoms with van der Waals surface area (Å²) in [5.41, 5.74) is 4.57. The van der Waals surface area contributed by atoms with Crippen molar-refractivity contribution in [2.75, 3.05) is 5.32 Å². The summed E-state index contributed by atoms with van der Waals surface area (Å²) in [5.74, 6) is 0.306. The average Bonchev–Trinajstić information content (AvgIpc) is 3.14. The Balaban J connectivity index is 1.80. The van der Waals surface area contributed by atoms with E-state index in [9.17, 15) is 4.79 Å². The molecule has 0 saturated heterocycles. The van der Waals surface area contributed by atoms with Crippen molar-refractivity contribution in [2.24, 2.45) is 0 Å². The van der Waals surface area contributed by atoms with Gasteiger partial charge in [0.05, 0.1) is 5.69 Å². The van der Waals surface area contributed by atoms with Gasteiger partial charge in [0.2, 0.25) is 5.82 Å². The summed E-state index contributed by atoms with van der Waals surface area (Å²) in [4.78, 5) is 17.3. The third-order valence-electron chi connectivity index (χ3n) is 4.52. The van der Waals surface area contributed by atoms with E-state index < -0.39 is 0 Å². The first kappa shape index (κ1) is 18.9. The second-order valence-corrected chi connectivity index (χ2v) is 7.22. The zero-order chi connectivity index (χ0) is 20.4. The van der Waals surface area contributed by atoms with Crippen LogP contribution in [0.4, 0.5) is 5.69 Å². The first-order valence-corrected chi connectivity index (χ1v) is 9.56. The molecule has 0 saturated carbocycles. The van der Waals surface area contributed by atoms with Gasteiger partial charge in [-0.05, 0) is 61.9 Å². The second kappa shape index (κ2) is 7.89. The van der Waals surface area contributed by atoms with E-state index >= 15 is 0 Å².